The summed E-state index contributed by atoms with van der Waals surface area (Å²) < 4.78 is 10.7. The molecule has 0 N–H and O–H groups in total. The number of amides is 1. The van der Waals surface area contributed by atoms with E-state index in [2.05, 4.69) is 17.0 Å². The van der Waals surface area contributed by atoms with E-state index in [0.29, 0.717) is 25.5 Å². The molecular weight excluding hydrogens is 360 g/mol. The molecule has 0 aliphatic carbocycles. The van der Waals surface area contributed by atoms with Crippen LogP contribution in [-0.2, 0) is 16.1 Å². The van der Waals surface area contributed by atoms with Crippen molar-refractivity contribution < 1.29 is 14.3 Å². The van der Waals surface area contributed by atoms with Crippen molar-refractivity contribution in [3.8, 4) is 5.75 Å². The van der Waals surface area contributed by atoms with E-state index in [1.807, 2.05) is 23.3 Å². The van der Waals surface area contributed by atoms with E-state index < -0.39 is 0 Å². The molecule has 1 aromatic carbocycles. The predicted octanol–water partition coefficient (Wildman–Crippen LogP) is 3.14. The number of para-hydroxylation sites is 1. The lowest BCUT2D eigenvalue weighted by Crippen LogP contribution is -2.42. The van der Waals surface area contributed by atoms with Crippen LogP contribution < -0.4 is 4.74 Å². The molecule has 5 nitrogen and oxygen atoms in total. The van der Waals surface area contributed by atoms with E-state index in [-0.39, 0.29) is 5.91 Å². The molecule has 0 bridgehead atoms. The van der Waals surface area contributed by atoms with Crippen LogP contribution in [0, 0.1) is 5.92 Å². The molecule has 0 unspecified atom stereocenters. The first-order chi connectivity index (χ1) is 13.2. The van der Waals surface area contributed by atoms with Crippen LogP contribution in [0.3, 0.4) is 0 Å². The SMILES string of the molecule is COCCN(CC1CCN(Cc2ccccc2OC)CC1)C(=O)CCSC. The Morgan fingerprint density at radius 1 is 1.26 bits per heavy atom. The first-order valence-electron chi connectivity index (χ1n) is 9.77. The van der Waals surface area contributed by atoms with Gasteiger partial charge in [0.25, 0.3) is 0 Å². The third-order valence-electron chi connectivity index (χ3n) is 5.21. The summed E-state index contributed by atoms with van der Waals surface area (Å²) in [6, 6.07) is 8.24. The van der Waals surface area contributed by atoms with Crippen LogP contribution >= 0.6 is 11.8 Å². The summed E-state index contributed by atoms with van der Waals surface area (Å²) in [5.41, 5.74) is 1.24. The summed E-state index contributed by atoms with van der Waals surface area (Å²) in [7, 11) is 3.43. The van der Waals surface area contributed by atoms with Crippen molar-refractivity contribution in [1.82, 2.24) is 9.80 Å². The highest BCUT2D eigenvalue weighted by molar-refractivity contribution is 7.98. The van der Waals surface area contributed by atoms with Gasteiger partial charge in [0, 0.05) is 44.5 Å². The molecule has 1 amide bonds. The lowest BCUT2D eigenvalue weighted by molar-refractivity contribution is -0.132. The van der Waals surface area contributed by atoms with Gasteiger partial charge in [-0.15, -0.1) is 0 Å². The normalized spacial score (nSPS) is 15.7. The average molecular weight is 395 g/mol. The van der Waals surface area contributed by atoms with E-state index in [0.717, 1.165) is 50.5 Å². The van der Waals surface area contributed by atoms with E-state index in [1.54, 1.807) is 26.0 Å². The lowest BCUT2D eigenvalue weighted by atomic mass is 9.95. The Bertz CT molecular complexity index is 562. The summed E-state index contributed by atoms with van der Waals surface area (Å²) in [6.07, 6.45) is 4.94. The van der Waals surface area contributed by atoms with E-state index in [9.17, 15) is 4.79 Å². The maximum Gasteiger partial charge on any atom is 0.223 e. The number of methoxy groups -OCH3 is 2. The fourth-order valence-corrected chi connectivity index (χ4v) is 3.96. The van der Waals surface area contributed by atoms with Crippen molar-refractivity contribution in [2.45, 2.75) is 25.8 Å². The van der Waals surface area contributed by atoms with Crippen LogP contribution in [0.15, 0.2) is 24.3 Å². The predicted molar refractivity (Wildman–Crippen MR) is 112 cm³/mol. The van der Waals surface area contributed by atoms with Crippen molar-refractivity contribution in [1.29, 1.82) is 0 Å². The first kappa shape index (κ1) is 22.1. The summed E-state index contributed by atoms with van der Waals surface area (Å²) >= 11 is 1.73. The molecule has 6 heteroatoms. The Balaban J connectivity index is 1.83. The van der Waals surface area contributed by atoms with Gasteiger partial charge in [0.05, 0.1) is 13.7 Å². The number of benzene rings is 1. The quantitative estimate of drug-likeness (QED) is 0.577. The second kappa shape index (κ2) is 12.3. The molecule has 1 heterocycles. The van der Waals surface area contributed by atoms with Gasteiger partial charge < -0.3 is 14.4 Å². The Morgan fingerprint density at radius 2 is 2.00 bits per heavy atom. The van der Waals surface area contributed by atoms with Crippen LogP contribution in [-0.4, -0.2) is 74.7 Å². The fraction of sp³-hybridized carbons (Fsp3) is 0.667. The largest absolute Gasteiger partial charge is 0.496 e. The number of rotatable bonds is 11. The summed E-state index contributed by atoms with van der Waals surface area (Å²) in [4.78, 5) is 17.0. The Hall–Kier alpha value is -1.24. The number of hydrogen-bond acceptors (Lipinski definition) is 5. The van der Waals surface area contributed by atoms with Crippen molar-refractivity contribution in [3.05, 3.63) is 29.8 Å². The van der Waals surface area contributed by atoms with Crippen LogP contribution in [0.2, 0.25) is 0 Å². The lowest BCUT2D eigenvalue weighted by Gasteiger charge is -2.35. The second-order valence-electron chi connectivity index (χ2n) is 7.11. The van der Waals surface area contributed by atoms with E-state index >= 15 is 0 Å². The first-order valence-corrected chi connectivity index (χ1v) is 11.2. The van der Waals surface area contributed by atoms with Crippen LogP contribution in [0.25, 0.3) is 0 Å². The Kier molecular flexibility index (Phi) is 10.0. The Morgan fingerprint density at radius 3 is 2.67 bits per heavy atom. The standard InChI is InChI=1S/C21H34N2O3S/c1-25-14-13-23(21(24)10-15-27-3)16-18-8-11-22(12-9-18)17-19-6-4-5-7-20(19)26-2/h4-7,18H,8-17H2,1-3H3. The molecule has 152 valence electrons. The monoisotopic (exact) mass is 394 g/mol. The van der Waals surface area contributed by atoms with Gasteiger partial charge in [0.15, 0.2) is 0 Å². The van der Waals surface area contributed by atoms with Crippen molar-refractivity contribution in [2.75, 3.05) is 59.0 Å². The number of ether oxygens (including phenoxy) is 2. The molecule has 2 rings (SSSR count). The van der Waals surface area contributed by atoms with Gasteiger partial charge in [0.2, 0.25) is 5.91 Å². The van der Waals surface area contributed by atoms with Crippen LogP contribution in [0.4, 0.5) is 0 Å². The smallest absolute Gasteiger partial charge is 0.223 e. The van der Waals surface area contributed by atoms with Crippen LogP contribution in [0.1, 0.15) is 24.8 Å². The molecule has 0 aromatic heterocycles. The zero-order chi connectivity index (χ0) is 19.5. The number of piperidine rings is 1. The van der Waals surface area contributed by atoms with Gasteiger partial charge in [-0.3, -0.25) is 9.69 Å². The third kappa shape index (κ3) is 7.35. The number of likely N-dealkylation sites (tertiary alicyclic amines) is 1. The molecule has 0 atom stereocenters. The minimum absolute atomic E-state index is 0.262. The average Bonchev–Trinajstić information content (AvgIpc) is 2.71. The minimum atomic E-state index is 0.262. The van der Waals surface area contributed by atoms with Crippen LogP contribution in [0.5, 0.6) is 5.75 Å². The zero-order valence-corrected chi connectivity index (χ0v) is 17.8. The summed E-state index contributed by atoms with van der Waals surface area (Å²) in [5.74, 6) is 2.69. The topological polar surface area (TPSA) is 42.0 Å². The molecule has 1 aliphatic rings. The molecule has 0 spiro atoms. The van der Waals surface area contributed by atoms with E-state index in [1.165, 1.54) is 5.56 Å². The highest BCUT2D eigenvalue weighted by Gasteiger charge is 2.24. The second-order valence-corrected chi connectivity index (χ2v) is 8.09. The van der Waals surface area contributed by atoms with Gasteiger partial charge in [-0.25, -0.2) is 0 Å². The molecular formula is C21H34N2O3S. The molecule has 1 aromatic rings. The van der Waals surface area contributed by atoms with Gasteiger partial charge in [-0.2, -0.15) is 11.8 Å². The Labute approximate surface area is 168 Å². The third-order valence-corrected chi connectivity index (χ3v) is 5.82. The molecule has 0 radical (unpaired) electrons. The highest BCUT2D eigenvalue weighted by atomic mass is 32.2. The van der Waals surface area contributed by atoms with Gasteiger partial charge in [-0.1, -0.05) is 18.2 Å². The number of nitrogens with zero attached hydrogens (tertiary/aromatic N) is 2. The maximum absolute atomic E-state index is 12.5. The van der Waals surface area contributed by atoms with Gasteiger partial charge in [0.1, 0.15) is 5.75 Å². The molecule has 1 fully saturated rings. The van der Waals surface area contributed by atoms with Gasteiger partial charge in [-0.05, 0) is 44.2 Å². The number of hydrogen-bond donors (Lipinski definition) is 0. The number of carbonyl (C=O) groups is 1. The molecule has 0 saturated carbocycles. The maximum atomic E-state index is 12.5. The number of carbonyl (C=O) groups excluding carboxylic acids is 1. The van der Waals surface area contributed by atoms with Crippen molar-refractivity contribution in [2.24, 2.45) is 5.92 Å². The van der Waals surface area contributed by atoms with Gasteiger partial charge >= 0.3 is 0 Å². The molecule has 1 saturated heterocycles. The van der Waals surface area contributed by atoms with E-state index in [4.69, 9.17) is 9.47 Å². The number of thioether (sulfide) groups is 1. The zero-order valence-electron chi connectivity index (χ0n) is 17.0. The summed E-state index contributed by atoms with van der Waals surface area (Å²) in [5, 5.41) is 0. The summed E-state index contributed by atoms with van der Waals surface area (Å²) in [6.45, 7) is 5.23. The fourth-order valence-electron chi connectivity index (χ4n) is 3.58. The van der Waals surface area contributed by atoms with Crippen molar-refractivity contribution in [3.63, 3.8) is 0 Å². The minimum Gasteiger partial charge on any atom is -0.496 e. The molecule has 27 heavy (non-hydrogen) atoms. The molecule has 1 aliphatic heterocycles. The van der Waals surface area contributed by atoms with Crippen molar-refractivity contribution >= 4 is 17.7 Å². The highest BCUT2D eigenvalue weighted by Crippen LogP contribution is 2.24.